The van der Waals surface area contributed by atoms with E-state index in [1.54, 1.807) is 0 Å². The number of terminal acetylenes is 1. The first-order chi connectivity index (χ1) is 6.89. The molecule has 0 aromatic carbocycles. The van der Waals surface area contributed by atoms with Gasteiger partial charge in [0.05, 0.1) is 16.8 Å². The van der Waals surface area contributed by atoms with E-state index in [9.17, 15) is 0 Å². The summed E-state index contributed by atoms with van der Waals surface area (Å²) in [5.74, 6) is 2.91. The van der Waals surface area contributed by atoms with Crippen molar-refractivity contribution in [3.05, 3.63) is 17.5 Å². The Balaban J connectivity index is 2.44. The second kappa shape index (κ2) is 2.88. The SMILES string of the molecule is C#CC1(c2cc(C(C)(C)C)nn2C)CC1. The predicted molar refractivity (Wildman–Crippen MR) is 61.7 cm³/mol. The number of aromatic nitrogens is 2. The van der Waals surface area contributed by atoms with Gasteiger partial charge in [-0.05, 0) is 18.9 Å². The van der Waals surface area contributed by atoms with Gasteiger partial charge in [-0.15, -0.1) is 6.42 Å². The van der Waals surface area contributed by atoms with Gasteiger partial charge in [0.2, 0.25) is 0 Å². The number of aryl methyl sites for hydroxylation is 1. The lowest BCUT2D eigenvalue weighted by Gasteiger charge is -2.13. The van der Waals surface area contributed by atoms with Gasteiger partial charge in [0, 0.05) is 12.5 Å². The van der Waals surface area contributed by atoms with Crippen LogP contribution in [0, 0.1) is 12.3 Å². The molecule has 0 N–H and O–H groups in total. The lowest BCUT2D eigenvalue weighted by atomic mass is 9.91. The van der Waals surface area contributed by atoms with E-state index in [-0.39, 0.29) is 10.8 Å². The van der Waals surface area contributed by atoms with Crippen LogP contribution >= 0.6 is 0 Å². The van der Waals surface area contributed by atoms with Crippen LogP contribution in [0.1, 0.15) is 45.0 Å². The highest BCUT2D eigenvalue weighted by molar-refractivity contribution is 5.38. The van der Waals surface area contributed by atoms with Crippen molar-refractivity contribution >= 4 is 0 Å². The van der Waals surface area contributed by atoms with Crippen LogP contribution in [0.5, 0.6) is 0 Å². The van der Waals surface area contributed by atoms with Gasteiger partial charge < -0.3 is 0 Å². The quantitative estimate of drug-likeness (QED) is 0.639. The second-order valence-electron chi connectivity index (χ2n) is 5.51. The van der Waals surface area contributed by atoms with Gasteiger partial charge in [-0.3, -0.25) is 4.68 Å². The van der Waals surface area contributed by atoms with Gasteiger partial charge in [0.15, 0.2) is 0 Å². The summed E-state index contributed by atoms with van der Waals surface area (Å²) in [6, 6.07) is 2.17. The van der Waals surface area contributed by atoms with Crippen LogP contribution in [0.4, 0.5) is 0 Å². The molecule has 0 atom stereocenters. The van der Waals surface area contributed by atoms with Crippen LogP contribution in [0.3, 0.4) is 0 Å². The average Bonchev–Trinajstić information content (AvgIpc) is 2.82. The van der Waals surface area contributed by atoms with E-state index in [1.807, 2.05) is 11.7 Å². The Bertz CT molecular complexity index is 422. The third kappa shape index (κ3) is 1.56. The molecule has 2 heteroatoms. The summed E-state index contributed by atoms with van der Waals surface area (Å²) in [6.07, 6.45) is 7.80. The molecule has 0 aliphatic heterocycles. The third-order valence-electron chi connectivity index (χ3n) is 3.16. The minimum atomic E-state index is -0.00868. The predicted octanol–water partition coefficient (Wildman–Crippen LogP) is 2.38. The molecule has 1 aromatic heterocycles. The molecule has 0 amide bonds. The standard InChI is InChI=1S/C13H18N2/c1-6-13(7-8-13)11-9-10(12(2,3)4)14-15(11)5/h1,9H,7-8H2,2-5H3. The summed E-state index contributed by atoms with van der Waals surface area (Å²) in [5, 5.41) is 4.56. The van der Waals surface area contributed by atoms with E-state index in [0.29, 0.717) is 0 Å². The maximum Gasteiger partial charge on any atom is 0.0730 e. The molecule has 0 spiro atoms. The summed E-state index contributed by atoms with van der Waals surface area (Å²) >= 11 is 0. The van der Waals surface area contributed by atoms with Crippen molar-refractivity contribution in [2.24, 2.45) is 7.05 Å². The van der Waals surface area contributed by atoms with Crippen molar-refractivity contribution in [1.82, 2.24) is 9.78 Å². The van der Waals surface area contributed by atoms with E-state index in [2.05, 4.69) is 37.9 Å². The topological polar surface area (TPSA) is 17.8 Å². The molecule has 0 saturated heterocycles. The Labute approximate surface area is 91.7 Å². The third-order valence-corrected chi connectivity index (χ3v) is 3.16. The van der Waals surface area contributed by atoms with Gasteiger partial charge >= 0.3 is 0 Å². The second-order valence-corrected chi connectivity index (χ2v) is 5.51. The molecule has 1 fully saturated rings. The first-order valence-electron chi connectivity index (χ1n) is 5.42. The van der Waals surface area contributed by atoms with Crippen LogP contribution < -0.4 is 0 Å². The normalized spacial score (nSPS) is 18.6. The minimum absolute atomic E-state index is 0.00868. The number of hydrogen-bond acceptors (Lipinski definition) is 1. The minimum Gasteiger partial charge on any atom is -0.271 e. The number of hydrogen-bond donors (Lipinski definition) is 0. The van der Waals surface area contributed by atoms with Gasteiger partial charge in [-0.25, -0.2) is 0 Å². The Morgan fingerprint density at radius 2 is 2.07 bits per heavy atom. The molecule has 0 radical (unpaired) electrons. The van der Waals surface area contributed by atoms with E-state index in [4.69, 9.17) is 6.42 Å². The van der Waals surface area contributed by atoms with E-state index in [0.717, 1.165) is 18.5 Å². The van der Waals surface area contributed by atoms with Crippen molar-refractivity contribution in [2.45, 2.75) is 44.4 Å². The zero-order chi connectivity index (χ0) is 11.3. The van der Waals surface area contributed by atoms with Crippen molar-refractivity contribution in [2.75, 3.05) is 0 Å². The Morgan fingerprint density at radius 1 is 1.47 bits per heavy atom. The number of rotatable bonds is 1. The lowest BCUT2D eigenvalue weighted by Crippen LogP contribution is -2.12. The number of nitrogens with zero attached hydrogens (tertiary/aromatic N) is 2. The van der Waals surface area contributed by atoms with Crippen LogP contribution in [-0.4, -0.2) is 9.78 Å². The van der Waals surface area contributed by atoms with Crippen molar-refractivity contribution in [3.63, 3.8) is 0 Å². The van der Waals surface area contributed by atoms with Gasteiger partial charge in [-0.2, -0.15) is 5.10 Å². The van der Waals surface area contributed by atoms with Gasteiger partial charge in [0.25, 0.3) is 0 Å². The first-order valence-corrected chi connectivity index (χ1v) is 5.42. The van der Waals surface area contributed by atoms with E-state index in [1.165, 1.54) is 5.69 Å². The fraction of sp³-hybridized carbons (Fsp3) is 0.615. The van der Waals surface area contributed by atoms with E-state index < -0.39 is 0 Å². The maximum atomic E-state index is 5.60. The smallest absolute Gasteiger partial charge is 0.0730 e. The molecule has 2 nitrogen and oxygen atoms in total. The Hall–Kier alpha value is -1.23. The highest BCUT2D eigenvalue weighted by Crippen LogP contribution is 2.47. The largest absolute Gasteiger partial charge is 0.271 e. The van der Waals surface area contributed by atoms with E-state index >= 15 is 0 Å². The summed E-state index contributed by atoms with van der Waals surface area (Å²) < 4.78 is 1.95. The van der Waals surface area contributed by atoms with Crippen LogP contribution in [0.2, 0.25) is 0 Å². The molecule has 0 unspecified atom stereocenters. The zero-order valence-corrected chi connectivity index (χ0v) is 9.96. The Kier molecular flexibility index (Phi) is 1.98. The van der Waals surface area contributed by atoms with Gasteiger partial charge in [-0.1, -0.05) is 26.7 Å². The fourth-order valence-corrected chi connectivity index (χ4v) is 1.88. The lowest BCUT2D eigenvalue weighted by molar-refractivity contribution is 0.550. The summed E-state index contributed by atoms with van der Waals surface area (Å²) in [5.41, 5.74) is 2.42. The average molecular weight is 202 g/mol. The molecule has 1 saturated carbocycles. The fourth-order valence-electron chi connectivity index (χ4n) is 1.88. The monoisotopic (exact) mass is 202 g/mol. The van der Waals surface area contributed by atoms with Crippen molar-refractivity contribution in [1.29, 1.82) is 0 Å². The highest BCUT2D eigenvalue weighted by Gasteiger charge is 2.45. The van der Waals surface area contributed by atoms with Crippen molar-refractivity contribution in [3.8, 4) is 12.3 Å². The molecule has 1 heterocycles. The molecular formula is C13H18N2. The summed E-state index contributed by atoms with van der Waals surface area (Å²) in [7, 11) is 1.99. The molecule has 2 rings (SSSR count). The van der Waals surface area contributed by atoms with Gasteiger partial charge in [0.1, 0.15) is 0 Å². The van der Waals surface area contributed by atoms with Crippen LogP contribution in [-0.2, 0) is 17.9 Å². The summed E-state index contributed by atoms with van der Waals surface area (Å²) in [4.78, 5) is 0. The zero-order valence-electron chi connectivity index (χ0n) is 9.96. The molecule has 1 aliphatic rings. The molecular weight excluding hydrogens is 184 g/mol. The molecule has 80 valence electrons. The molecule has 1 aliphatic carbocycles. The molecule has 15 heavy (non-hydrogen) atoms. The van der Waals surface area contributed by atoms with Crippen LogP contribution in [0.25, 0.3) is 0 Å². The highest BCUT2D eigenvalue weighted by atomic mass is 15.3. The molecule has 0 bridgehead atoms. The van der Waals surface area contributed by atoms with Crippen LogP contribution in [0.15, 0.2) is 6.07 Å². The Morgan fingerprint density at radius 3 is 2.40 bits per heavy atom. The maximum absolute atomic E-state index is 5.60. The first kappa shape index (κ1) is 10.3. The summed E-state index contributed by atoms with van der Waals surface area (Å²) in [6.45, 7) is 6.53. The van der Waals surface area contributed by atoms with Crippen molar-refractivity contribution < 1.29 is 0 Å². The molecule has 1 aromatic rings.